The van der Waals surface area contributed by atoms with E-state index in [0.29, 0.717) is 35.1 Å². The standard InChI is InChI=1S/C25H22N6O3/c1-34-18-6-4-5-16(14-18)23-29-24-19-7-2-3-8-20(19)27-25(31(24)30-23)28-21(22(26)33)13-15-9-11-17(32)12-10-15/h2-12,14,21,32H,13H2,1H3,(H2,26,33)(H,27,28)/t21-/m0/s1. The van der Waals surface area contributed by atoms with Gasteiger partial charge in [-0.25, -0.2) is 9.97 Å². The van der Waals surface area contributed by atoms with Crippen LogP contribution >= 0.6 is 0 Å². The number of carbonyl (C=O) groups excluding carboxylic acids is 1. The van der Waals surface area contributed by atoms with Gasteiger partial charge in [-0.3, -0.25) is 4.79 Å². The molecule has 0 fully saturated rings. The molecule has 5 aromatic rings. The number of methoxy groups -OCH3 is 1. The maximum atomic E-state index is 12.3. The first-order chi connectivity index (χ1) is 16.5. The van der Waals surface area contributed by atoms with Gasteiger partial charge in [-0.15, -0.1) is 5.10 Å². The van der Waals surface area contributed by atoms with Crippen LogP contribution in [0.3, 0.4) is 0 Å². The van der Waals surface area contributed by atoms with Crippen LogP contribution in [0.5, 0.6) is 11.5 Å². The molecule has 1 amide bonds. The molecule has 5 rings (SSSR count). The van der Waals surface area contributed by atoms with Crippen LogP contribution in [-0.2, 0) is 11.2 Å². The number of aromatic hydroxyl groups is 1. The van der Waals surface area contributed by atoms with E-state index in [1.165, 1.54) is 0 Å². The lowest BCUT2D eigenvalue weighted by Gasteiger charge is -2.17. The summed E-state index contributed by atoms with van der Waals surface area (Å²) < 4.78 is 6.92. The number of nitrogens with zero attached hydrogens (tertiary/aromatic N) is 4. The molecule has 2 aromatic heterocycles. The number of benzene rings is 3. The Morgan fingerprint density at radius 3 is 2.65 bits per heavy atom. The molecule has 0 radical (unpaired) electrons. The number of carbonyl (C=O) groups is 1. The van der Waals surface area contributed by atoms with E-state index in [4.69, 9.17) is 20.4 Å². The number of phenols is 1. The van der Waals surface area contributed by atoms with E-state index in [1.54, 1.807) is 35.9 Å². The van der Waals surface area contributed by atoms with E-state index in [2.05, 4.69) is 10.4 Å². The molecule has 3 aromatic carbocycles. The summed E-state index contributed by atoms with van der Waals surface area (Å²) in [7, 11) is 1.60. The molecule has 0 aliphatic carbocycles. The number of phenolic OH excluding ortho intramolecular Hbond substituents is 1. The van der Waals surface area contributed by atoms with Crippen molar-refractivity contribution in [3.05, 3.63) is 78.4 Å². The number of hydrogen-bond donors (Lipinski definition) is 3. The maximum absolute atomic E-state index is 12.3. The Hall–Kier alpha value is -4.66. The number of primary amides is 1. The van der Waals surface area contributed by atoms with Crippen molar-refractivity contribution in [2.45, 2.75) is 12.5 Å². The molecule has 170 valence electrons. The summed E-state index contributed by atoms with van der Waals surface area (Å²) in [4.78, 5) is 21.8. The number of nitrogens with one attached hydrogen (secondary N) is 1. The number of anilines is 1. The second-order valence-electron chi connectivity index (χ2n) is 7.83. The monoisotopic (exact) mass is 454 g/mol. The SMILES string of the molecule is COc1cccc(-c2nc3c4ccccc4nc(N[C@@H](Cc4ccc(O)cc4)C(N)=O)n3n2)c1. The van der Waals surface area contributed by atoms with Crippen LogP contribution in [-0.4, -0.2) is 43.7 Å². The minimum absolute atomic E-state index is 0.151. The Morgan fingerprint density at radius 2 is 1.88 bits per heavy atom. The molecular formula is C25H22N6O3. The molecule has 2 heterocycles. The molecule has 0 saturated carbocycles. The minimum atomic E-state index is -0.758. The minimum Gasteiger partial charge on any atom is -0.508 e. The molecule has 1 atom stereocenters. The average Bonchev–Trinajstić information content (AvgIpc) is 3.31. The molecule has 0 saturated heterocycles. The van der Waals surface area contributed by atoms with Gasteiger partial charge in [0.15, 0.2) is 11.5 Å². The van der Waals surface area contributed by atoms with Gasteiger partial charge in [-0.2, -0.15) is 4.52 Å². The maximum Gasteiger partial charge on any atom is 0.240 e. The van der Waals surface area contributed by atoms with Crippen molar-refractivity contribution in [1.29, 1.82) is 0 Å². The Bertz CT molecular complexity index is 1500. The third-order valence-electron chi connectivity index (χ3n) is 5.53. The third-order valence-corrected chi connectivity index (χ3v) is 5.53. The van der Waals surface area contributed by atoms with Crippen LogP contribution in [0.15, 0.2) is 72.8 Å². The summed E-state index contributed by atoms with van der Waals surface area (Å²) >= 11 is 0. The normalized spacial score (nSPS) is 12.0. The number of nitrogens with two attached hydrogens (primary N) is 1. The molecule has 0 bridgehead atoms. The van der Waals surface area contributed by atoms with Crippen LogP contribution in [0, 0.1) is 0 Å². The van der Waals surface area contributed by atoms with Gasteiger partial charge in [0.05, 0.1) is 12.6 Å². The number of amides is 1. The van der Waals surface area contributed by atoms with Crippen LogP contribution in [0.1, 0.15) is 5.56 Å². The highest BCUT2D eigenvalue weighted by atomic mass is 16.5. The van der Waals surface area contributed by atoms with Crippen molar-refractivity contribution in [2.75, 3.05) is 12.4 Å². The molecule has 9 nitrogen and oxygen atoms in total. The summed E-state index contributed by atoms with van der Waals surface area (Å²) in [6, 6.07) is 20.9. The molecule has 0 spiro atoms. The quantitative estimate of drug-likeness (QED) is 0.345. The summed E-state index contributed by atoms with van der Waals surface area (Å²) in [6.07, 6.45) is 0.309. The van der Waals surface area contributed by atoms with Gasteiger partial charge in [-0.05, 0) is 42.0 Å². The summed E-state index contributed by atoms with van der Waals surface area (Å²) in [6.45, 7) is 0. The van der Waals surface area contributed by atoms with E-state index in [-0.39, 0.29) is 5.75 Å². The molecule has 0 unspecified atom stereocenters. The number of ether oxygens (including phenoxy) is 1. The summed E-state index contributed by atoms with van der Waals surface area (Å²) in [5, 5.41) is 18.2. The van der Waals surface area contributed by atoms with Crippen molar-refractivity contribution in [2.24, 2.45) is 5.73 Å². The fourth-order valence-electron chi connectivity index (χ4n) is 3.78. The van der Waals surface area contributed by atoms with Crippen molar-refractivity contribution >= 4 is 28.4 Å². The summed E-state index contributed by atoms with van der Waals surface area (Å²) in [5.41, 5.74) is 8.63. The lowest BCUT2D eigenvalue weighted by atomic mass is 10.1. The van der Waals surface area contributed by atoms with Crippen molar-refractivity contribution in [3.8, 4) is 22.9 Å². The van der Waals surface area contributed by atoms with Gasteiger partial charge in [-0.1, -0.05) is 36.4 Å². The van der Waals surface area contributed by atoms with E-state index in [9.17, 15) is 9.90 Å². The molecule has 0 aliphatic rings. The van der Waals surface area contributed by atoms with Gasteiger partial charge in [0.25, 0.3) is 0 Å². The predicted molar refractivity (Wildman–Crippen MR) is 129 cm³/mol. The van der Waals surface area contributed by atoms with Gasteiger partial charge < -0.3 is 20.9 Å². The molecule has 34 heavy (non-hydrogen) atoms. The van der Waals surface area contributed by atoms with E-state index in [1.807, 2.05) is 48.5 Å². The highest BCUT2D eigenvalue weighted by molar-refractivity contribution is 5.93. The largest absolute Gasteiger partial charge is 0.508 e. The van der Waals surface area contributed by atoms with Crippen LogP contribution in [0.4, 0.5) is 5.95 Å². The molecular weight excluding hydrogens is 432 g/mol. The zero-order valence-electron chi connectivity index (χ0n) is 18.3. The Balaban J connectivity index is 1.60. The first kappa shape index (κ1) is 21.2. The fourth-order valence-corrected chi connectivity index (χ4v) is 3.78. The number of aromatic nitrogens is 4. The number of fused-ring (bicyclic) bond motifs is 3. The zero-order chi connectivity index (χ0) is 23.7. The summed E-state index contributed by atoms with van der Waals surface area (Å²) in [5.74, 6) is 1.15. The average molecular weight is 454 g/mol. The number of para-hydroxylation sites is 1. The predicted octanol–water partition coefficient (Wildman–Crippen LogP) is 3.17. The lowest BCUT2D eigenvalue weighted by molar-refractivity contribution is -0.118. The highest BCUT2D eigenvalue weighted by Crippen LogP contribution is 2.26. The van der Waals surface area contributed by atoms with Crippen molar-refractivity contribution in [3.63, 3.8) is 0 Å². The van der Waals surface area contributed by atoms with E-state index < -0.39 is 11.9 Å². The van der Waals surface area contributed by atoms with Crippen LogP contribution in [0.2, 0.25) is 0 Å². The Labute approximate surface area is 194 Å². The van der Waals surface area contributed by atoms with Gasteiger partial charge in [0, 0.05) is 17.4 Å². The van der Waals surface area contributed by atoms with Crippen molar-refractivity contribution in [1.82, 2.24) is 19.6 Å². The fraction of sp³-hybridized carbons (Fsp3) is 0.120. The third kappa shape index (κ3) is 4.06. The Kier molecular flexibility index (Phi) is 5.43. The van der Waals surface area contributed by atoms with Gasteiger partial charge >= 0.3 is 0 Å². The second kappa shape index (κ2) is 8.70. The zero-order valence-corrected chi connectivity index (χ0v) is 18.3. The van der Waals surface area contributed by atoms with Crippen LogP contribution in [0.25, 0.3) is 27.9 Å². The van der Waals surface area contributed by atoms with E-state index in [0.717, 1.165) is 16.5 Å². The number of hydrogen-bond acceptors (Lipinski definition) is 7. The lowest BCUT2D eigenvalue weighted by Crippen LogP contribution is -2.38. The first-order valence-corrected chi connectivity index (χ1v) is 10.7. The smallest absolute Gasteiger partial charge is 0.240 e. The van der Waals surface area contributed by atoms with E-state index >= 15 is 0 Å². The van der Waals surface area contributed by atoms with Gasteiger partial charge in [0.2, 0.25) is 11.9 Å². The van der Waals surface area contributed by atoms with Crippen LogP contribution < -0.4 is 15.8 Å². The first-order valence-electron chi connectivity index (χ1n) is 10.7. The molecule has 9 heteroatoms. The van der Waals surface area contributed by atoms with Crippen molar-refractivity contribution < 1.29 is 14.6 Å². The highest BCUT2D eigenvalue weighted by Gasteiger charge is 2.21. The second-order valence-corrected chi connectivity index (χ2v) is 7.83. The van der Waals surface area contributed by atoms with Gasteiger partial charge in [0.1, 0.15) is 17.5 Å². The molecule has 4 N–H and O–H groups in total. The molecule has 0 aliphatic heterocycles. The number of rotatable bonds is 7. The topological polar surface area (TPSA) is 128 Å². The Morgan fingerprint density at radius 1 is 1.09 bits per heavy atom.